The van der Waals surface area contributed by atoms with E-state index in [1.54, 1.807) is 17.5 Å². The number of nitrogens with two attached hydrogens (primary N) is 1. The second-order valence-electron chi connectivity index (χ2n) is 2.88. The van der Waals surface area contributed by atoms with Crippen LogP contribution in [0.25, 0.3) is 11.3 Å². The van der Waals surface area contributed by atoms with E-state index in [9.17, 15) is 10.1 Å². The van der Waals surface area contributed by atoms with Gasteiger partial charge in [0.15, 0.2) is 5.13 Å². The first-order chi connectivity index (χ1) is 7.16. The summed E-state index contributed by atoms with van der Waals surface area (Å²) in [4.78, 5) is 14.2. The van der Waals surface area contributed by atoms with Crippen LogP contribution in [0.5, 0.6) is 0 Å². The van der Waals surface area contributed by atoms with E-state index >= 15 is 0 Å². The van der Waals surface area contributed by atoms with Crippen LogP contribution in [0.3, 0.4) is 0 Å². The third-order valence-corrected chi connectivity index (χ3v) is 2.55. The van der Waals surface area contributed by atoms with Gasteiger partial charge in [0.05, 0.1) is 10.6 Å². The van der Waals surface area contributed by atoms with Gasteiger partial charge in [-0.1, -0.05) is 12.1 Å². The molecule has 0 bridgehead atoms. The Morgan fingerprint density at radius 1 is 1.44 bits per heavy atom. The van der Waals surface area contributed by atoms with Gasteiger partial charge in [0, 0.05) is 23.1 Å². The van der Waals surface area contributed by atoms with E-state index in [1.165, 1.54) is 23.5 Å². The van der Waals surface area contributed by atoms with Crippen molar-refractivity contribution in [2.75, 3.05) is 5.73 Å². The lowest BCUT2D eigenvalue weighted by molar-refractivity contribution is -0.384. The molecule has 0 spiro atoms. The maximum absolute atomic E-state index is 10.6. The number of hydrogen-bond acceptors (Lipinski definition) is 5. The summed E-state index contributed by atoms with van der Waals surface area (Å²) < 4.78 is 0. The molecule has 0 radical (unpaired) electrons. The summed E-state index contributed by atoms with van der Waals surface area (Å²) >= 11 is 1.31. The topological polar surface area (TPSA) is 82.0 Å². The van der Waals surface area contributed by atoms with Crippen molar-refractivity contribution >= 4 is 22.2 Å². The molecule has 0 aliphatic rings. The van der Waals surface area contributed by atoms with Crippen LogP contribution in [0.4, 0.5) is 10.8 Å². The number of nitrogen functional groups attached to an aromatic ring is 1. The molecule has 0 aliphatic heterocycles. The van der Waals surface area contributed by atoms with Crippen molar-refractivity contribution in [2.45, 2.75) is 0 Å². The van der Waals surface area contributed by atoms with E-state index in [-0.39, 0.29) is 18.1 Å². The summed E-state index contributed by atoms with van der Waals surface area (Å²) in [6.45, 7) is 0. The number of hydrogen-bond donors (Lipinski definition) is 1. The third-order valence-electron chi connectivity index (χ3n) is 1.87. The average Bonchev–Trinajstić information content (AvgIpc) is 2.65. The molecule has 16 heavy (non-hydrogen) atoms. The van der Waals surface area contributed by atoms with Crippen LogP contribution in [0.2, 0.25) is 0 Å². The maximum atomic E-state index is 10.6. The van der Waals surface area contributed by atoms with E-state index in [2.05, 4.69) is 4.98 Å². The molecule has 2 rings (SSSR count). The van der Waals surface area contributed by atoms with E-state index in [1.807, 2.05) is 0 Å². The summed E-state index contributed by atoms with van der Waals surface area (Å²) in [5.41, 5.74) is 6.92. The molecule has 5 nitrogen and oxygen atoms in total. The fourth-order valence-corrected chi connectivity index (χ4v) is 1.77. The zero-order valence-corrected chi connectivity index (χ0v) is 9.53. The molecule has 0 amide bonds. The van der Waals surface area contributed by atoms with Gasteiger partial charge in [-0.25, -0.2) is 4.98 Å². The predicted molar refractivity (Wildman–Crippen MR) is 58.6 cm³/mol. The van der Waals surface area contributed by atoms with E-state index < -0.39 is 4.92 Å². The van der Waals surface area contributed by atoms with Crippen LogP contribution in [0.15, 0.2) is 29.6 Å². The lowest BCUT2D eigenvalue weighted by Gasteiger charge is -1.95. The van der Waals surface area contributed by atoms with Gasteiger partial charge in [0.25, 0.3) is 5.69 Å². The second kappa shape index (κ2) is 4.91. The molecule has 0 unspecified atom stereocenters. The minimum Gasteiger partial charge on any atom is -1.00 e. The molecule has 2 aromatic rings. The zero-order chi connectivity index (χ0) is 10.8. The Hall–Kier alpha value is -1.66. The van der Waals surface area contributed by atoms with Gasteiger partial charge in [0.1, 0.15) is 0 Å². The Morgan fingerprint density at radius 3 is 2.75 bits per heavy atom. The molecule has 2 N–H and O–H groups in total. The number of nitro groups is 1. The summed E-state index contributed by atoms with van der Waals surface area (Å²) in [6, 6.07) is 6.32. The molecule has 7 heteroatoms. The van der Waals surface area contributed by atoms with Crippen molar-refractivity contribution in [3.63, 3.8) is 0 Å². The maximum Gasteiger partial charge on any atom is 0.270 e. The predicted octanol–water partition coefficient (Wildman–Crippen LogP) is -0.696. The van der Waals surface area contributed by atoms with Gasteiger partial charge in [-0.2, -0.15) is 0 Å². The molecule has 0 fully saturated rings. The zero-order valence-electron chi connectivity index (χ0n) is 7.96. The summed E-state index contributed by atoms with van der Waals surface area (Å²) in [5, 5.41) is 12.8. The molecular formula is C9H7ClN3O2S-. The number of nitrogens with zero attached hydrogens (tertiary/aromatic N) is 2. The normalized spacial score (nSPS) is 9.50. The second-order valence-corrected chi connectivity index (χ2v) is 3.77. The van der Waals surface area contributed by atoms with Gasteiger partial charge in [0.2, 0.25) is 0 Å². The number of thiazole rings is 1. The number of aromatic nitrogens is 1. The molecule has 1 aromatic heterocycles. The number of non-ortho nitro benzene ring substituents is 1. The smallest absolute Gasteiger partial charge is 0.270 e. The standard InChI is InChI=1S/C9H7N3O2S.ClH/c10-9-11-8(5-15-9)6-2-1-3-7(4-6)12(13)14;/h1-5H,(H2,10,11);1H/p-1. The number of nitro benzene ring substituents is 1. The van der Waals surface area contributed by atoms with Crippen molar-refractivity contribution in [1.29, 1.82) is 0 Å². The largest absolute Gasteiger partial charge is 1.00 e. The Bertz CT molecular complexity index is 515. The van der Waals surface area contributed by atoms with Crippen LogP contribution in [-0.4, -0.2) is 9.91 Å². The number of rotatable bonds is 2. The van der Waals surface area contributed by atoms with Crippen molar-refractivity contribution in [1.82, 2.24) is 4.98 Å². The van der Waals surface area contributed by atoms with Crippen LogP contribution in [-0.2, 0) is 0 Å². The van der Waals surface area contributed by atoms with E-state index in [0.29, 0.717) is 16.4 Å². The third kappa shape index (κ3) is 2.47. The SMILES string of the molecule is Nc1nc(-c2cccc([N+](=O)[O-])c2)cs1.[Cl-]. The number of benzene rings is 1. The van der Waals surface area contributed by atoms with Crippen LogP contribution < -0.4 is 18.1 Å². The molecule has 0 aliphatic carbocycles. The first-order valence-electron chi connectivity index (χ1n) is 4.12. The highest BCUT2D eigenvalue weighted by Crippen LogP contribution is 2.25. The Kier molecular flexibility index (Phi) is 3.81. The van der Waals surface area contributed by atoms with Crippen molar-refractivity contribution < 1.29 is 17.3 Å². The summed E-state index contributed by atoms with van der Waals surface area (Å²) in [5.74, 6) is 0. The number of anilines is 1. The quantitative estimate of drug-likeness (QED) is 0.569. The highest BCUT2D eigenvalue weighted by Gasteiger charge is 2.08. The Labute approximate surface area is 101 Å². The molecule has 0 saturated heterocycles. The first kappa shape index (κ1) is 12.4. The fraction of sp³-hybridized carbons (Fsp3) is 0. The van der Waals surface area contributed by atoms with Crippen molar-refractivity contribution in [2.24, 2.45) is 0 Å². The lowest BCUT2D eigenvalue weighted by atomic mass is 10.1. The van der Waals surface area contributed by atoms with Crippen LogP contribution in [0.1, 0.15) is 0 Å². The van der Waals surface area contributed by atoms with Gasteiger partial charge in [-0.3, -0.25) is 10.1 Å². The molecule has 0 atom stereocenters. The number of halogens is 1. The average molecular weight is 257 g/mol. The Balaban J connectivity index is 0.00000128. The molecule has 1 aromatic carbocycles. The molecule has 0 saturated carbocycles. The van der Waals surface area contributed by atoms with Crippen molar-refractivity contribution in [3.05, 3.63) is 39.8 Å². The molecule has 84 valence electrons. The molecular weight excluding hydrogens is 250 g/mol. The highest BCUT2D eigenvalue weighted by atomic mass is 35.5. The van der Waals surface area contributed by atoms with Crippen LogP contribution in [0, 0.1) is 10.1 Å². The minimum atomic E-state index is -0.431. The monoisotopic (exact) mass is 256 g/mol. The van der Waals surface area contributed by atoms with Gasteiger partial charge in [-0.05, 0) is 0 Å². The van der Waals surface area contributed by atoms with Gasteiger partial charge in [-0.15, -0.1) is 11.3 Å². The Morgan fingerprint density at radius 2 is 2.19 bits per heavy atom. The minimum absolute atomic E-state index is 0. The van der Waals surface area contributed by atoms with E-state index in [0.717, 1.165) is 0 Å². The summed E-state index contributed by atoms with van der Waals surface area (Å²) in [6.07, 6.45) is 0. The summed E-state index contributed by atoms with van der Waals surface area (Å²) in [7, 11) is 0. The van der Waals surface area contributed by atoms with Crippen molar-refractivity contribution in [3.8, 4) is 11.3 Å². The van der Waals surface area contributed by atoms with Gasteiger partial charge < -0.3 is 18.1 Å². The first-order valence-corrected chi connectivity index (χ1v) is 5.00. The lowest BCUT2D eigenvalue weighted by Crippen LogP contribution is -3.00. The van der Waals surface area contributed by atoms with Gasteiger partial charge >= 0.3 is 0 Å². The fourth-order valence-electron chi connectivity index (χ4n) is 1.20. The highest BCUT2D eigenvalue weighted by molar-refractivity contribution is 7.13. The van der Waals surface area contributed by atoms with Crippen LogP contribution >= 0.6 is 11.3 Å². The van der Waals surface area contributed by atoms with E-state index in [4.69, 9.17) is 5.73 Å². The molecule has 1 heterocycles.